The van der Waals surface area contributed by atoms with Gasteiger partial charge in [-0.25, -0.2) is 4.79 Å². The molecule has 1 saturated heterocycles. The molecule has 0 unspecified atom stereocenters. The Hall–Kier alpha value is -2.03. The number of benzene rings is 1. The number of carbonyl (C=O) groups is 1. The predicted octanol–water partition coefficient (Wildman–Crippen LogP) is 3.33. The molecule has 3 nitrogen and oxygen atoms in total. The molecule has 0 amide bonds. The smallest absolute Gasteiger partial charge is 0.334 e. The molecule has 1 fully saturated rings. The van der Waals surface area contributed by atoms with E-state index in [4.69, 9.17) is 4.74 Å². The van der Waals surface area contributed by atoms with E-state index < -0.39 is 0 Å². The van der Waals surface area contributed by atoms with Gasteiger partial charge in [-0.2, -0.15) is 0 Å². The molecule has 0 atom stereocenters. The van der Waals surface area contributed by atoms with Crippen molar-refractivity contribution in [2.24, 2.45) is 0 Å². The third kappa shape index (κ3) is 5.10. The summed E-state index contributed by atoms with van der Waals surface area (Å²) in [6.45, 7) is 4.45. The molecule has 0 aromatic heterocycles. The molecule has 1 aromatic carbocycles. The Balaban J connectivity index is 2.05. The van der Waals surface area contributed by atoms with Crippen molar-refractivity contribution in [3.63, 3.8) is 0 Å². The third-order valence-corrected chi connectivity index (χ3v) is 3.51. The fraction of sp³-hybridized carbons (Fsp3) is 0.389. The van der Waals surface area contributed by atoms with Crippen molar-refractivity contribution < 1.29 is 9.53 Å². The highest BCUT2D eigenvalue weighted by Crippen LogP contribution is 2.11. The highest BCUT2D eigenvalue weighted by Gasteiger charge is 2.11. The summed E-state index contributed by atoms with van der Waals surface area (Å²) in [5, 5.41) is 0. The number of nitrogens with zero attached hydrogens (tertiary/aromatic N) is 1. The number of hydrogen-bond acceptors (Lipinski definition) is 3. The maximum absolute atomic E-state index is 12.0. The van der Waals surface area contributed by atoms with E-state index in [1.807, 2.05) is 49.4 Å². The third-order valence-electron chi connectivity index (χ3n) is 3.51. The monoisotopic (exact) mass is 285 g/mol. The van der Waals surface area contributed by atoms with Crippen molar-refractivity contribution in [3.05, 3.63) is 59.8 Å². The SMILES string of the molecule is CCOC(=O)/C(=C\C=C\N1CCCC1)Cc1ccccc1. The van der Waals surface area contributed by atoms with E-state index in [0.717, 1.165) is 18.7 Å². The quantitative estimate of drug-likeness (QED) is 0.456. The molecule has 1 aliphatic rings. The van der Waals surface area contributed by atoms with Crippen LogP contribution in [-0.4, -0.2) is 30.6 Å². The first kappa shape index (κ1) is 15.4. The van der Waals surface area contributed by atoms with Crippen LogP contribution < -0.4 is 0 Å². The fourth-order valence-corrected chi connectivity index (χ4v) is 2.41. The average molecular weight is 285 g/mol. The fourth-order valence-electron chi connectivity index (χ4n) is 2.41. The lowest BCUT2D eigenvalue weighted by Gasteiger charge is -2.10. The Morgan fingerprint density at radius 3 is 2.62 bits per heavy atom. The van der Waals surface area contributed by atoms with E-state index in [2.05, 4.69) is 11.1 Å². The molecule has 0 saturated carbocycles. The van der Waals surface area contributed by atoms with Crippen molar-refractivity contribution in [2.45, 2.75) is 26.2 Å². The molecule has 0 spiro atoms. The predicted molar refractivity (Wildman–Crippen MR) is 84.8 cm³/mol. The number of hydrogen-bond donors (Lipinski definition) is 0. The number of rotatable bonds is 6. The van der Waals surface area contributed by atoms with Crippen LogP contribution in [0.25, 0.3) is 0 Å². The van der Waals surface area contributed by atoms with Gasteiger partial charge in [-0.1, -0.05) is 36.4 Å². The first-order chi connectivity index (χ1) is 10.3. The second kappa shape index (κ2) is 8.30. The molecule has 112 valence electrons. The number of carbonyl (C=O) groups excluding carboxylic acids is 1. The van der Waals surface area contributed by atoms with Gasteiger partial charge in [0.25, 0.3) is 0 Å². The van der Waals surface area contributed by atoms with Gasteiger partial charge in [0.1, 0.15) is 0 Å². The zero-order chi connectivity index (χ0) is 14.9. The second-order valence-corrected chi connectivity index (χ2v) is 5.16. The first-order valence-electron chi connectivity index (χ1n) is 7.62. The summed E-state index contributed by atoms with van der Waals surface area (Å²) in [6, 6.07) is 10.00. The molecule has 0 radical (unpaired) electrons. The van der Waals surface area contributed by atoms with E-state index in [9.17, 15) is 4.79 Å². The van der Waals surface area contributed by atoms with Crippen LogP contribution in [0.15, 0.2) is 54.3 Å². The van der Waals surface area contributed by atoms with Crippen molar-refractivity contribution in [1.29, 1.82) is 0 Å². The van der Waals surface area contributed by atoms with E-state index in [1.165, 1.54) is 12.8 Å². The zero-order valence-electron chi connectivity index (χ0n) is 12.6. The number of likely N-dealkylation sites (tertiary alicyclic amines) is 1. The van der Waals surface area contributed by atoms with Gasteiger partial charge < -0.3 is 9.64 Å². The molecule has 2 rings (SSSR count). The molecule has 0 bridgehead atoms. The molecular weight excluding hydrogens is 262 g/mol. The van der Waals surface area contributed by atoms with E-state index in [1.54, 1.807) is 0 Å². The molecular formula is C18H23NO2. The van der Waals surface area contributed by atoms with Crippen LogP contribution in [0.3, 0.4) is 0 Å². The van der Waals surface area contributed by atoms with Gasteiger partial charge in [0.05, 0.1) is 6.61 Å². The summed E-state index contributed by atoms with van der Waals surface area (Å²) < 4.78 is 5.14. The van der Waals surface area contributed by atoms with Gasteiger partial charge >= 0.3 is 5.97 Å². The Morgan fingerprint density at radius 2 is 1.95 bits per heavy atom. The maximum Gasteiger partial charge on any atom is 0.334 e. The molecule has 0 N–H and O–H groups in total. The van der Waals surface area contributed by atoms with Crippen LogP contribution in [0.1, 0.15) is 25.3 Å². The summed E-state index contributed by atoms with van der Waals surface area (Å²) in [5.41, 5.74) is 1.81. The van der Waals surface area contributed by atoms with E-state index >= 15 is 0 Å². The van der Waals surface area contributed by atoms with Crippen LogP contribution in [0, 0.1) is 0 Å². The number of allylic oxidation sites excluding steroid dienone is 2. The summed E-state index contributed by atoms with van der Waals surface area (Å²) in [6.07, 6.45) is 9.01. The largest absolute Gasteiger partial charge is 0.463 e. The van der Waals surface area contributed by atoms with Crippen LogP contribution in [-0.2, 0) is 16.0 Å². The van der Waals surface area contributed by atoms with Gasteiger partial charge in [-0.15, -0.1) is 0 Å². The summed E-state index contributed by atoms with van der Waals surface area (Å²) in [5.74, 6) is -0.229. The van der Waals surface area contributed by atoms with Gasteiger partial charge in [0, 0.05) is 25.1 Å². The first-order valence-corrected chi connectivity index (χ1v) is 7.62. The Kier molecular flexibility index (Phi) is 6.07. The average Bonchev–Trinajstić information content (AvgIpc) is 3.01. The Bertz CT molecular complexity index is 499. The lowest BCUT2D eigenvalue weighted by Crippen LogP contribution is -2.11. The number of ether oxygens (including phenoxy) is 1. The standard InChI is InChI=1S/C18H23NO2/c1-2-21-18(20)17(15-16-9-4-3-5-10-16)11-8-14-19-12-6-7-13-19/h3-5,8-11,14H,2,6-7,12-13,15H2,1H3/b14-8+,17-11-. The van der Waals surface area contributed by atoms with Gasteiger partial charge in [0.15, 0.2) is 0 Å². The Labute approximate surface area is 126 Å². The normalized spacial score (nSPS) is 15.7. The highest BCUT2D eigenvalue weighted by molar-refractivity contribution is 5.89. The van der Waals surface area contributed by atoms with Crippen molar-refractivity contribution >= 4 is 5.97 Å². The van der Waals surface area contributed by atoms with E-state index in [-0.39, 0.29) is 5.97 Å². The van der Waals surface area contributed by atoms with Gasteiger partial charge in [0.2, 0.25) is 0 Å². The zero-order valence-corrected chi connectivity index (χ0v) is 12.6. The molecule has 21 heavy (non-hydrogen) atoms. The lowest BCUT2D eigenvalue weighted by atomic mass is 10.0. The Morgan fingerprint density at radius 1 is 1.24 bits per heavy atom. The van der Waals surface area contributed by atoms with Crippen molar-refractivity contribution in [3.8, 4) is 0 Å². The van der Waals surface area contributed by atoms with Crippen LogP contribution in [0.5, 0.6) is 0 Å². The molecule has 1 heterocycles. The molecule has 1 aromatic rings. The van der Waals surface area contributed by atoms with Crippen LogP contribution in [0.4, 0.5) is 0 Å². The van der Waals surface area contributed by atoms with Crippen LogP contribution in [0.2, 0.25) is 0 Å². The van der Waals surface area contributed by atoms with E-state index in [0.29, 0.717) is 18.6 Å². The second-order valence-electron chi connectivity index (χ2n) is 5.16. The minimum atomic E-state index is -0.229. The highest BCUT2D eigenvalue weighted by atomic mass is 16.5. The minimum Gasteiger partial charge on any atom is -0.463 e. The molecule has 3 heteroatoms. The van der Waals surface area contributed by atoms with Gasteiger partial charge in [-0.05, 0) is 37.6 Å². The molecule has 1 aliphatic heterocycles. The van der Waals surface area contributed by atoms with Crippen molar-refractivity contribution in [2.75, 3.05) is 19.7 Å². The summed E-state index contributed by atoms with van der Waals surface area (Å²) in [4.78, 5) is 14.3. The van der Waals surface area contributed by atoms with Crippen molar-refractivity contribution in [1.82, 2.24) is 4.90 Å². The molecule has 0 aliphatic carbocycles. The maximum atomic E-state index is 12.0. The lowest BCUT2D eigenvalue weighted by molar-refractivity contribution is -0.138. The minimum absolute atomic E-state index is 0.229. The summed E-state index contributed by atoms with van der Waals surface area (Å²) in [7, 11) is 0. The van der Waals surface area contributed by atoms with Gasteiger partial charge in [-0.3, -0.25) is 0 Å². The summed E-state index contributed by atoms with van der Waals surface area (Å²) >= 11 is 0. The topological polar surface area (TPSA) is 29.5 Å². The number of esters is 1. The van der Waals surface area contributed by atoms with Crippen LogP contribution >= 0.6 is 0 Å².